The van der Waals surface area contributed by atoms with Gasteiger partial charge in [-0.1, -0.05) is 35.9 Å². The van der Waals surface area contributed by atoms with Crippen LogP contribution < -0.4 is 10.2 Å². The highest BCUT2D eigenvalue weighted by molar-refractivity contribution is 6.30. The van der Waals surface area contributed by atoms with E-state index >= 15 is 0 Å². The number of rotatable bonds is 6. The molecule has 1 aliphatic rings. The Morgan fingerprint density at radius 3 is 2.37 bits per heavy atom. The fourth-order valence-electron chi connectivity index (χ4n) is 3.87. The third-order valence-electron chi connectivity index (χ3n) is 5.67. The Bertz CT molecular complexity index is 1270. The Labute approximate surface area is 207 Å². The molecule has 1 N–H and O–H groups in total. The van der Waals surface area contributed by atoms with Gasteiger partial charge in [0.2, 0.25) is 5.91 Å². The Balaban J connectivity index is 1.39. The molecular weight excluding hydrogens is 468 g/mol. The fraction of sp³-hybridized carbons (Fsp3) is 0.154. The van der Waals surface area contributed by atoms with Gasteiger partial charge in [0.1, 0.15) is 0 Å². The first-order valence-corrected chi connectivity index (χ1v) is 11.4. The lowest BCUT2D eigenvalue weighted by atomic mass is 10.1. The van der Waals surface area contributed by atoms with Crippen molar-refractivity contribution in [2.45, 2.75) is 0 Å². The van der Waals surface area contributed by atoms with Crippen LogP contribution in [0.3, 0.4) is 0 Å². The zero-order chi connectivity index (χ0) is 24.8. The summed E-state index contributed by atoms with van der Waals surface area (Å²) in [5.41, 5.74) is 2.64. The van der Waals surface area contributed by atoms with Gasteiger partial charge in [0, 0.05) is 55.0 Å². The Kier molecular flexibility index (Phi) is 7.42. The molecule has 2 amide bonds. The van der Waals surface area contributed by atoms with Gasteiger partial charge in [-0.25, -0.2) is 0 Å². The van der Waals surface area contributed by atoms with Gasteiger partial charge < -0.3 is 15.1 Å². The summed E-state index contributed by atoms with van der Waals surface area (Å²) in [6.45, 7) is 2.35. The molecule has 4 rings (SSSR count). The van der Waals surface area contributed by atoms with Crippen molar-refractivity contribution in [3.05, 3.63) is 105 Å². The zero-order valence-electron chi connectivity index (χ0n) is 18.8. The van der Waals surface area contributed by atoms with Crippen molar-refractivity contribution in [1.29, 1.82) is 0 Å². The standard InChI is InChI=1S/C26H23ClN4O4/c27-21-11-9-20(10-12-21)26(33)30-16-14-29(15-17-30)24-7-2-1-6-23(24)28-25(32)13-8-19-4-3-5-22(18-19)31(34)35/h1-13,18H,14-17H2,(H,28,32)/b13-8+. The Morgan fingerprint density at radius 2 is 1.66 bits per heavy atom. The number of nitrogens with one attached hydrogen (secondary N) is 1. The zero-order valence-corrected chi connectivity index (χ0v) is 19.5. The van der Waals surface area contributed by atoms with E-state index in [0.717, 1.165) is 5.69 Å². The lowest BCUT2D eigenvalue weighted by Crippen LogP contribution is -2.49. The normalized spacial score (nSPS) is 13.6. The maximum atomic E-state index is 12.8. The van der Waals surface area contributed by atoms with Crippen LogP contribution in [0.4, 0.5) is 17.1 Å². The number of halogens is 1. The second-order valence-corrected chi connectivity index (χ2v) is 8.41. The molecule has 8 nitrogen and oxygen atoms in total. The molecule has 178 valence electrons. The van der Waals surface area contributed by atoms with E-state index in [9.17, 15) is 19.7 Å². The largest absolute Gasteiger partial charge is 0.366 e. The van der Waals surface area contributed by atoms with Crippen LogP contribution in [0.25, 0.3) is 6.08 Å². The minimum absolute atomic E-state index is 0.0332. The van der Waals surface area contributed by atoms with E-state index in [0.29, 0.717) is 48.0 Å². The number of hydrogen-bond acceptors (Lipinski definition) is 5. The van der Waals surface area contributed by atoms with Crippen molar-refractivity contribution in [2.24, 2.45) is 0 Å². The molecule has 1 heterocycles. The predicted molar refractivity (Wildman–Crippen MR) is 137 cm³/mol. The molecule has 35 heavy (non-hydrogen) atoms. The number of carbonyl (C=O) groups is 2. The number of para-hydroxylation sites is 2. The van der Waals surface area contributed by atoms with Gasteiger partial charge in [0.05, 0.1) is 16.3 Å². The van der Waals surface area contributed by atoms with Crippen LogP contribution in [0.2, 0.25) is 5.02 Å². The Morgan fingerprint density at radius 1 is 0.943 bits per heavy atom. The van der Waals surface area contributed by atoms with Crippen LogP contribution in [0, 0.1) is 10.1 Å². The van der Waals surface area contributed by atoms with Gasteiger partial charge in [-0.2, -0.15) is 0 Å². The van der Waals surface area contributed by atoms with Crippen molar-refractivity contribution in [2.75, 3.05) is 36.4 Å². The first-order valence-electron chi connectivity index (χ1n) is 11.0. The molecule has 0 aliphatic carbocycles. The maximum Gasteiger partial charge on any atom is 0.270 e. The minimum Gasteiger partial charge on any atom is -0.366 e. The molecule has 1 aliphatic heterocycles. The summed E-state index contributed by atoms with van der Waals surface area (Å²) >= 11 is 5.92. The molecule has 3 aromatic rings. The number of nitro benzene ring substituents is 1. The van der Waals surface area contributed by atoms with Gasteiger partial charge in [0.15, 0.2) is 0 Å². The summed E-state index contributed by atoms with van der Waals surface area (Å²) < 4.78 is 0. The van der Waals surface area contributed by atoms with Crippen molar-refractivity contribution in [3.63, 3.8) is 0 Å². The molecule has 0 radical (unpaired) electrons. The van der Waals surface area contributed by atoms with Gasteiger partial charge in [0.25, 0.3) is 11.6 Å². The summed E-state index contributed by atoms with van der Waals surface area (Å²) in [4.78, 5) is 39.7. The summed E-state index contributed by atoms with van der Waals surface area (Å²) in [5.74, 6) is -0.380. The van der Waals surface area contributed by atoms with E-state index in [2.05, 4.69) is 10.2 Å². The molecule has 0 saturated carbocycles. The van der Waals surface area contributed by atoms with E-state index in [1.54, 1.807) is 36.4 Å². The van der Waals surface area contributed by atoms with Crippen molar-refractivity contribution >= 4 is 46.6 Å². The van der Waals surface area contributed by atoms with Crippen LogP contribution in [-0.2, 0) is 4.79 Å². The van der Waals surface area contributed by atoms with E-state index in [1.807, 2.05) is 29.2 Å². The first kappa shape index (κ1) is 24.0. The van der Waals surface area contributed by atoms with Gasteiger partial charge in [-0.3, -0.25) is 19.7 Å². The quantitative estimate of drug-likeness (QED) is 0.302. The number of amides is 2. The average molecular weight is 491 g/mol. The van der Waals surface area contributed by atoms with E-state index in [4.69, 9.17) is 11.6 Å². The second kappa shape index (κ2) is 10.8. The lowest BCUT2D eigenvalue weighted by molar-refractivity contribution is -0.384. The SMILES string of the molecule is O=C(/C=C/c1cccc([N+](=O)[O-])c1)Nc1ccccc1N1CCN(C(=O)c2ccc(Cl)cc2)CC1. The molecule has 0 bridgehead atoms. The van der Waals surface area contributed by atoms with Gasteiger partial charge in [-0.05, 0) is 48.0 Å². The topological polar surface area (TPSA) is 95.8 Å². The van der Waals surface area contributed by atoms with Crippen LogP contribution in [0.5, 0.6) is 0 Å². The maximum absolute atomic E-state index is 12.8. The number of nitrogens with zero attached hydrogens (tertiary/aromatic N) is 3. The highest BCUT2D eigenvalue weighted by Crippen LogP contribution is 2.27. The number of non-ortho nitro benzene ring substituents is 1. The lowest BCUT2D eigenvalue weighted by Gasteiger charge is -2.37. The molecule has 0 spiro atoms. The number of carbonyl (C=O) groups excluding carboxylic acids is 2. The van der Waals surface area contributed by atoms with Crippen molar-refractivity contribution in [3.8, 4) is 0 Å². The molecule has 0 unspecified atom stereocenters. The van der Waals surface area contributed by atoms with Crippen molar-refractivity contribution in [1.82, 2.24) is 4.90 Å². The highest BCUT2D eigenvalue weighted by Gasteiger charge is 2.23. The number of hydrogen-bond donors (Lipinski definition) is 1. The highest BCUT2D eigenvalue weighted by atomic mass is 35.5. The van der Waals surface area contributed by atoms with E-state index < -0.39 is 4.92 Å². The van der Waals surface area contributed by atoms with Crippen LogP contribution in [-0.4, -0.2) is 47.8 Å². The molecule has 1 fully saturated rings. The van der Waals surface area contributed by atoms with Gasteiger partial charge >= 0.3 is 0 Å². The number of piperazine rings is 1. The number of benzene rings is 3. The van der Waals surface area contributed by atoms with E-state index in [1.165, 1.54) is 24.3 Å². The third-order valence-corrected chi connectivity index (χ3v) is 5.92. The Hall–Kier alpha value is -4.17. The second-order valence-electron chi connectivity index (χ2n) is 7.98. The minimum atomic E-state index is -0.476. The summed E-state index contributed by atoms with van der Waals surface area (Å²) in [5, 5.41) is 14.4. The average Bonchev–Trinajstić information content (AvgIpc) is 2.88. The van der Waals surface area contributed by atoms with Crippen molar-refractivity contribution < 1.29 is 14.5 Å². The summed E-state index contributed by atoms with van der Waals surface area (Å²) in [6, 6.07) is 20.4. The smallest absolute Gasteiger partial charge is 0.270 e. The summed E-state index contributed by atoms with van der Waals surface area (Å²) in [6.07, 6.45) is 2.88. The fourth-order valence-corrected chi connectivity index (χ4v) is 3.99. The molecular formula is C26H23ClN4O4. The van der Waals surface area contributed by atoms with Gasteiger partial charge in [-0.15, -0.1) is 0 Å². The van der Waals surface area contributed by atoms with E-state index in [-0.39, 0.29) is 17.5 Å². The first-order chi connectivity index (χ1) is 16.9. The van der Waals surface area contributed by atoms with Crippen LogP contribution in [0.1, 0.15) is 15.9 Å². The molecule has 1 saturated heterocycles. The van der Waals surface area contributed by atoms with Crippen LogP contribution in [0.15, 0.2) is 78.9 Å². The molecule has 0 aromatic heterocycles. The molecule has 9 heteroatoms. The monoisotopic (exact) mass is 490 g/mol. The predicted octanol–water partition coefficient (Wildman–Crippen LogP) is 4.86. The molecule has 3 aromatic carbocycles. The summed E-state index contributed by atoms with van der Waals surface area (Å²) in [7, 11) is 0. The number of anilines is 2. The third kappa shape index (κ3) is 6.04. The number of nitro groups is 1. The molecule has 0 atom stereocenters. The van der Waals surface area contributed by atoms with Crippen LogP contribution >= 0.6 is 11.6 Å².